The third-order valence-corrected chi connectivity index (χ3v) is 5.39. The van der Waals surface area contributed by atoms with Gasteiger partial charge < -0.3 is 9.64 Å². The number of hydrogen-bond donors (Lipinski definition) is 0. The number of carbonyl (C=O) groups excluding carboxylic acids is 1. The Morgan fingerprint density at radius 1 is 1.37 bits per heavy atom. The van der Waals surface area contributed by atoms with Crippen molar-refractivity contribution < 1.29 is 9.53 Å². The maximum atomic E-state index is 11.9. The number of benzene rings is 1. The monoisotopic (exact) mass is 279 g/mol. The maximum Gasteiger partial charge on any atom is 0.409 e. The number of amides is 1. The summed E-state index contributed by atoms with van der Waals surface area (Å²) in [5, 5.41) is 0.391. The fourth-order valence-electron chi connectivity index (χ4n) is 2.55. The predicted molar refractivity (Wildman–Crippen MR) is 78.5 cm³/mol. The van der Waals surface area contributed by atoms with Crippen LogP contribution in [0.25, 0.3) is 0 Å². The molecule has 4 heteroatoms. The highest BCUT2D eigenvalue weighted by atomic mass is 32.2. The number of piperidine rings is 1. The van der Waals surface area contributed by atoms with Crippen molar-refractivity contribution in [3.8, 4) is 0 Å². The Balaban J connectivity index is 2.14. The zero-order valence-electron chi connectivity index (χ0n) is 11.8. The largest absolute Gasteiger partial charge is 0.453 e. The van der Waals surface area contributed by atoms with Crippen LogP contribution < -0.4 is 0 Å². The summed E-state index contributed by atoms with van der Waals surface area (Å²) in [6, 6.07) is 10.4. The number of ether oxygens (including phenoxy) is 1. The molecule has 104 valence electrons. The van der Waals surface area contributed by atoms with Crippen LogP contribution in [0.5, 0.6) is 0 Å². The number of methoxy groups -OCH3 is 1. The van der Waals surface area contributed by atoms with E-state index in [0.717, 1.165) is 19.4 Å². The second kappa shape index (κ2) is 5.87. The Morgan fingerprint density at radius 2 is 2.05 bits per heavy atom. The zero-order chi connectivity index (χ0) is 13.9. The average molecular weight is 279 g/mol. The first-order chi connectivity index (χ1) is 9.05. The standard InChI is InChI=1S/C15H21NO2S/c1-15(2)13(19-12-8-5-4-6-9-12)10-7-11-16(15)14(17)18-3/h4-6,8-9,13H,7,10-11H2,1-3H3. The van der Waals surface area contributed by atoms with E-state index in [4.69, 9.17) is 4.74 Å². The van der Waals surface area contributed by atoms with E-state index < -0.39 is 0 Å². The number of likely N-dealkylation sites (tertiary alicyclic amines) is 1. The SMILES string of the molecule is COC(=O)N1CCCC(Sc2ccccc2)C1(C)C. The van der Waals surface area contributed by atoms with Gasteiger partial charge in [0.2, 0.25) is 0 Å². The second-order valence-corrected chi connectivity index (χ2v) is 6.61. The van der Waals surface area contributed by atoms with Gasteiger partial charge in [0.25, 0.3) is 0 Å². The van der Waals surface area contributed by atoms with Crippen molar-refractivity contribution in [2.45, 2.75) is 42.4 Å². The van der Waals surface area contributed by atoms with Gasteiger partial charge in [-0.25, -0.2) is 4.79 Å². The van der Waals surface area contributed by atoms with Crippen LogP contribution in [0.1, 0.15) is 26.7 Å². The van der Waals surface area contributed by atoms with Crippen LogP contribution in [-0.4, -0.2) is 35.4 Å². The lowest BCUT2D eigenvalue weighted by Gasteiger charge is -2.46. The summed E-state index contributed by atoms with van der Waals surface area (Å²) in [4.78, 5) is 15.0. The lowest BCUT2D eigenvalue weighted by atomic mass is 9.90. The smallest absolute Gasteiger partial charge is 0.409 e. The molecule has 3 nitrogen and oxygen atoms in total. The number of carbonyl (C=O) groups is 1. The Kier molecular flexibility index (Phi) is 4.40. The summed E-state index contributed by atoms with van der Waals surface area (Å²) in [5.74, 6) is 0. The minimum absolute atomic E-state index is 0.189. The lowest BCUT2D eigenvalue weighted by Crippen LogP contribution is -2.57. The van der Waals surface area contributed by atoms with E-state index in [-0.39, 0.29) is 11.6 Å². The molecule has 0 N–H and O–H groups in total. The van der Waals surface area contributed by atoms with Crippen LogP contribution >= 0.6 is 11.8 Å². The number of hydrogen-bond acceptors (Lipinski definition) is 3. The first-order valence-electron chi connectivity index (χ1n) is 6.63. The van der Waals surface area contributed by atoms with E-state index in [1.807, 2.05) is 22.7 Å². The first-order valence-corrected chi connectivity index (χ1v) is 7.51. The molecule has 0 aromatic heterocycles. The molecule has 19 heavy (non-hydrogen) atoms. The molecule has 1 atom stereocenters. The van der Waals surface area contributed by atoms with Gasteiger partial charge in [0, 0.05) is 16.7 Å². The summed E-state index contributed by atoms with van der Waals surface area (Å²) in [5.41, 5.74) is -0.189. The van der Waals surface area contributed by atoms with Gasteiger partial charge in [-0.3, -0.25) is 0 Å². The first kappa shape index (κ1) is 14.3. The Hall–Kier alpha value is -1.16. The number of rotatable bonds is 2. The van der Waals surface area contributed by atoms with Crippen molar-refractivity contribution in [1.82, 2.24) is 4.90 Å². The summed E-state index contributed by atoms with van der Waals surface area (Å²) in [6.07, 6.45) is 1.94. The van der Waals surface area contributed by atoms with Gasteiger partial charge in [-0.15, -0.1) is 11.8 Å². The molecule has 1 aromatic rings. The Morgan fingerprint density at radius 3 is 2.68 bits per heavy atom. The van der Waals surface area contributed by atoms with Gasteiger partial charge in [-0.05, 0) is 38.8 Å². The highest BCUT2D eigenvalue weighted by Gasteiger charge is 2.42. The van der Waals surface area contributed by atoms with Gasteiger partial charge >= 0.3 is 6.09 Å². The number of nitrogens with zero attached hydrogens (tertiary/aromatic N) is 1. The molecule has 1 aliphatic rings. The van der Waals surface area contributed by atoms with E-state index >= 15 is 0 Å². The highest BCUT2D eigenvalue weighted by molar-refractivity contribution is 8.00. The van der Waals surface area contributed by atoms with E-state index in [2.05, 4.69) is 38.1 Å². The van der Waals surface area contributed by atoms with E-state index in [1.54, 1.807) is 0 Å². The Bertz CT molecular complexity index is 433. The van der Waals surface area contributed by atoms with Crippen molar-refractivity contribution in [2.24, 2.45) is 0 Å². The van der Waals surface area contributed by atoms with Crippen molar-refractivity contribution >= 4 is 17.9 Å². The molecule has 1 fully saturated rings. The quantitative estimate of drug-likeness (QED) is 0.825. The van der Waals surface area contributed by atoms with Crippen molar-refractivity contribution in [3.63, 3.8) is 0 Å². The molecule has 1 heterocycles. The summed E-state index contributed by atoms with van der Waals surface area (Å²) in [6.45, 7) is 5.04. The molecule has 1 aromatic carbocycles. The third-order valence-electron chi connectivity index (χ3n) is 3.75. The molecular formula is C15H21NO2S. The summed E-state index contributed by atoms with van der Waals surface area (Å²) >= 11 is 1.85. The molecule has 0 spiro atoms. The van der Waals surface area contributed by atoms with Crippen molar-refractivity contribution in [3.05, 3.63) is 30.3 Å². The van der Waals surface area contributed by atoms with Crippen LogP contribution in [-0.2, 0) is 4.74 Å². The van der Waals surface area contributed by atoms with Crippen LogP contribution in [0.15, 0.2) is 35.2 Å². The molecule has 0 radical (unpaired) electrons. The third kappa shape index (κ3) is 3.06. The minimum atomic E-state index is -0.219. The van der Waals surface area contributed by atoms with E-state index in [1.165, 1.54) is 12.0 Å². The minimum Gasteiger partial charge on any atom is -0.453 e. The van der Waals surface area contributed by atoms with Gasteiger partial charge in [0.15, 0.2) is 0 Å². The predicted octanol–water partition coefficient (Wildman–Crippen LogP) is 3.79. The Labute approximate surface area is 119 Å². The molecule has 0 saturated carbocycles. The van der Waals surface area contributed by atoms with Crippen LogP contribution in [0.3, 0.4) is 0 Å². The molecule has 1 unspecified atom stereocenters. The van der Waals surface area contributed by atoms with Crippen molar-refractivity contribution in [2.75, 3.05) is 13.7 Å². The normalized spacial score (nSPS) is 22.1. The second-order valence-electron chi connectivity index (χ2n) is 5.34. The molecule has 0 bridgehead atoms. The fourth-order valence-corrected chi connectivity index (χ4v) is 3.90. The van der Waals surface area contributed by atoms with Crippen LogP contribution in [0, 0.1) is 0 Å². The summed E-state index contributed by atoms with van der Waals surface area (Å²) < 4.78 is 4.90. The topological polar surface area (TPSA) is 29.5 Å². The number of thioether (sulfide) groups is 1. The van der Waals surface area contributed by atoms with Crippen LogP contribution in [0.2, 0.25) is 0 Å². The maximum absolute atomic E-state index is 11.9. The van der Waals surface area contributed by atoms with Gasteiger partial charge in [-0.1, -0.05) is 18.2 Å². The molecule has 2 rings (SSSR count). The van der Waals surface area contributed by atoms with Gasteiger partial charge in [0.1, 0.15) is 0 Å². The molecule has 0 aliphatic carbocycles. The summed E-state index contributed by atoms with van der Waals surface area (Å²) in [7, 11) is 1.45. The van der Waals surface area contributed by atoms with Crippen molar-refractivity contribution in [1.29, 1.82) is 0 Å². The molecule has 1 amide bonds. The average Bonchev–Trinajstić information content (AvgIpc) is 2.41. The van der Waals surface area contributed by atoms with Crippen LogP contribution in [0.4, 0.5) is 4.79 Å². The highest BCUT2D eigenvalue weighted by Crippen LogP contribution is 2.39. The van der Waals surface area contributed by atoms with Gasteiger partial charge in [-0.2, -0.15) is 0 Å². The molecular weight excluding hydrogens is 258 g/mol. The van der Waals surface area contributed by atoms with Gasteiger partial charge in [0.05, 0.1) is 12.6 Å². The van der Waals surface area contributed by atoms with E-state index in [0.29, 0.717) is 5.25 Å². The molecule has 1 aliphatic heterocycles. The lowest BCUT2D eigenvalue weighted by molar-refractivity contribution is 0.0591. The molecule has 1 saturated heterocycles. The fraction of sp³-hybridized carbons (Fsp3) is 0.533. The van der Waals surface area contributed by atoms with E-state index in [9.17, 15) is 4.79 Å². The zero-order valence-corrected chi connectivity index (χ0v) is 12.6.